The third kappa shape index (κ3) is 5.87. The third-order valence-electron chi connectivity index (χ3n) is 7.66. The predicted molar refractivity (Wildman–Crippen MR) is 166 cm³/mol. The van der Waals surface area contributed by atoms with Gasteiger partial charge < -0.3 is 9.16 Å². The largest absolute Gasteiger partial charge is 0.444 e. The van der Waals surface area contributed by atoms with Gasteiger partial charge in [0, 0.05) is 24.1 Å². The molecule has 0 bridgehead atoms. The lowest BCUT2D eigenvalue weighted by Crippen LogP contribution is -2.67. The van der Waals surface area contributed by atoms with Gasteiger partial charge in [-0.3, -0.25) is 4.90 Å². The van der Waals surface area contributed by atoms with Crippen molar-refractivity contribution >= 4 is 42.1 Å². The number of benzene rings is 4. The number of fused-ring (bicyclic) bond motifs is 1. The minimum atomic E-state index is -2.71. The van der Waals surface area contributed by atoms with E-state index in [-0.39, 0.29) is 23.7 Å². The van der Waals surface area contributed by atoms with Gasteiger partial charge in [0.15, 0.2) is 0 Å². The van der Waals surface area contributed by atoms with Crippen molar-refractivity contribution in [2.75, 3.05) is 18.1 Å². The molecule has 0 aliphatic carbocycles. The highest BCUT2D eigenvalue weighted by molar-refractivity contribution is 6.99. The van der Waals surface area contributed by atoms with E-state index in [0.717, 1.165) is 23.2 Å². The quantitative estimate of drug-likeness (QED) is 0.220. The summed E-state index contributed by atoms with van der Waals surface area (Å²) in [5.41, 5.74) is 2.84. The van der Waals surface area contributed by atoms with E-state index in [9.17, 15) is 4.79 Å². The van der Waals surface area contributed by atoms with E-state index < -0.39 is 8.32 Å². The fourth-order valence-electron chi connectivity index (χ4n) is 5.80. The van der Waals surface area contributed by atoms with Crippen molar-refractivity contribution in [1.29, 1.82) is 0 Å². The molecule has 1 aliphatic rings. The molecule has 0 saturated heterocycles. The van der Waals surface area contributed by atoms with Crippen LogP contribution in [-0.2, 0) is 22.2 Å². The maximum absolute atomic E-state index is 13.4. The average molecular weight is 570 g/mol. The maximum atomic E-state index is 13.4. The first-order valence-electron chi connectivity index (χ1n) is 13.8. The molecule has 0 saturated carbocycles. The van der Waals surface area contributed by atoms with Crippen LogP contribution in [0.2, 0.25) is 10.1 Å². The molecule has 5 rings (SSSR count). The van der Waals surface area contributed by atoms with Gasteiger partial charge in [0.05, 0.1) is 5.69 Å². The Bertz CT molecular complexity index is 1380. The fraction of sp³-hybridized carbons (Fsp3) is 0.265. The number of carbonyl (C=O) groups is 1. The number of ether oxygens (including phenoxy) is 1. The molecule has 1 unspecified atom stereocenters. The van der Waals surface area contributed by atoms with Crippen LogP contribution in [-0.4, -0.2) is 27.6 Å². The summed E-state index contributed by atoms with van der Waals surface area (Å²) in [4.78, 5) is 15.2. The van der Waals surface area contributed by atoms with E-state index in [4.69, 9.17) is 20.8 Å². The smallest absolute Gasteiger partial charge is 0.414 e. The fourth-order valence-corrected chi connectivity index (χ4v) is 10.6. The van der Waals surface area contributed by atoms with Crippen molar-refractivity contribution in [3.8, 4) is 0 Å². The van der Waals surface area contributed by atoms with Gasteiger partial charge >= 0.3 is 6.09 Å². The van der Waals surface area contributed by atoms with Crippen LogP contribution in [0.3, 0.4) is 0 Å². The molecule has 0 N–H and O–H groups in total. The minimum absolute atomic E-state index is 0.0805. The Hall–Kier alpha value is -3.38. The highest BCUT2D eigenvalue weighted by atomic mass is 35.5. The minimum Gasteiger partial charge on any atom is -0.444 e. The molecule has 1 atom stereocenters. The molecule has 206 valence electrons. The van der Waals surface area contributed by atoms with Gasteiger partial charge in [-0.25, -0.2) is 4.79 Å². The van der Waals surface area contributed by atoms with Gasteiger partial charge in [0.2, 0.25) is 0 Å². The van der Waals surface area contributed by atoms with Gasteiger partial charge in [0.1, 0.15) is 6.61 Å². The summed E-state index contributed by atoms with van der Waals surface area (Å²) in [6.07, 6.45) is 0.416. The van der Waals surface area contributed by atoms with E-state index in [1.54, 1.807) is 4.90 Å². The van der Waals surface area contributed by atoms with Crippen molar-refractivity contribution in [3.05, 3.63) is 125 Å². The number of halogens is 1. The lowest BCUT2D eigenvalue weighted by Gasteiger charge is -2.44. The molecule has 0 radical (unpaired) electrons. The Kier molecular flexibility index (Phi) is 8.45. The zero-order valence-electron chi connectivity index (χ0n) is 23.3. The molecule has 6 heteroatoms. The monoisotopic (exact) mass is 569 g/mol. The molecule has 4 aromatic rings. The van der Waals surface area contributed by atoms with Crippen LogP contribution >= 0.6 is 11.6 Å². The molecular weight excluding hydrogens is 534 g/mol. The Morgan fingerprint density at radius 3 is 2.02 bits per heavy atom. The second-order valence-corrected chi connectivity index (χ2v) is 16.2. The van der Waals surface area contributed by atoms with Crippen LogP contribution in [0.4, 0.5) is 10.5 Å². The second-order valence-electron chi connectivity index (χ2n) is 11.5. The lowest BCUT2D eigenvalue weighted by molar-refractivity contribution is 0.143. The standard InChI is InChI=1S/C34H36ClNO3Si/c1-34(2,3)40(30-15-9-5-10-16-30,31-17-11-6-12-18-31)39-25-27-21-28-22-29(35)19-20-32(28)36(23-27)33(37)38-24-26-13-7-4-8-14-26/h4-20,22,27H,21,23-25H2,1-3H3. The first-order valence-corrected chi connectivity index (χ1v) is 16.1. The van der Waals surface area contributed by atoms with Crippen LogP contribution in [0, 0.1) is 5.92 Å². The normalized spacial score (nSPS) is 15.4. The summed E-state index contributed by atoms with van der Waals surface area (Å²) in [6, 6.07) is 36.8. The topological polar surface area (TPSA) is 38.8 Å². The molecule has 40 heavy (non-hydrogen) atoms. The maximum Gasteiger partial charge on any atom is 0.414 e. The first kappa shape index (κ1) is 28.2. The Balaban J connectivity index is 1.44. The van der Waals surface area contributed by atoms with Crippen LogP contribution in [0.1, 0.15) is 31.9 Å². The summed E-state index contributed by atoms with van der Waals surface area (Å²) >= 11 is 6.40. The molecule has 4 aromatic carbocycles. The summed E-state index contributed by atoms with van der Waals surface area (Å²) < 4.78 is 13.0. The molecule has 1 amide bonds. The second kappa shape index (κ2) is 12.0. The van der Waals surface area contributed by atoms with E-state index in [1.165, 1.54) is 10.4 Å². The Morgan fingerprint density at radius 2 is 1.45 bits per heavy atom. The third-order valence-corrected chi connectivity index (χ3v) is 12.9. The van der Waals surface area contributed by atoms with Crippen molar-refractivity contribution < 1.29 is 14.0 Å². The summed E-state index contributed by atoms with van der Waals surface area (Å²) in [7, 11) is -2.71. The van der Waals surface area contributed by atoms with Crippen LogP contribution in [0.25, 0.3) is 0 Å². The summed E-state index contributed by atoms with van der Waals surface area (Å²) in [5.74, 6) is 0.0805. The van der Waals surface area contributed by atoms with Gasteiger partial charge in [-0.1, -0.05) is 123 Å². The van der Waals surface area contributed by atoms with Crippen LogP contribution in [0.15, 0.2) is 109 Å². The Labute approximate surface area is 243 Å². The predicted octanol–water partition coefficient (Wildman–Crippen LogP) is 7.23. The Morgan fingerprint density at radius 1 is 0.875 bits per heavy atom. The molecule has 4 nitrogen and oxygen atoms in total. The highest BCUT2D eigenvalue weighted by Crippen LogP contribution is 2.38. The van der Waals surface area contributed by atoms with Crippen molar-refractivity contribution in [2.45, 2.75) is 38.8 Å². The van der Waals surface area contributed by atoms with E-state index in [1.807, 2.05) is 48.5 Å². The number of rotatable bonds is 7. The van der Waals surface area contributed by atoms with E-state index in [0.29, 0.717) is 18.2 Å². The molecule has 0 aromatic heterocycles. The SMILES string of the molecule is CC(C)(C)[Si](OCC1Cc2cc(Cl)ccc2N(C(=O)OCc2ccccc2)C1)(c1ccccc1)c1ccccc1. The van der Waals surface area contributed by atoms with E-state index in [2.05, 4.69) is 81.4 Å². The molecule has 1 heterocycles. The zero-order valence-corrected chi connectivity index (χ0v) is 25.1. The number of amides is 1. The first-order chi connectivity index (χ1) is 19.3. The molecular formula is C34H36ClNO3Si. The average Bonchev–Trinajstić information content (AvgIpc) is 2.96. The van der Waals surface area contributed by atoms with E-state index >= 15 is 0 Å². The summed E-state index contributed by atoms with van der Waals surface area (Å²) in [5, 5.41) is 3.02. The van der Waals surface area contributed by atoms with Crippen LogP contribution < -0.4 is 15.3 Å². The highest BCUT2D eigenvalue weighted by Gasteiger charge is 2.50. The zero-order chi connectivity index (χ0) is 28.2. The van der Waals surface area contributed by atoms with Gasteiger partial charge in [-0.15, -0.1) is 0 Å². The van der Waals surface area contributed by atoms with Crippen molar-refractivity contribution in [2.24, 2.45) is 5.92 Å². The van der Waals surface area contributed by atoms with Crippen molar-refractivity contribution in [1.82, 2.24) is 0 Å². The number of hydrogen-bond acceptors (Lipinski definition) is 3. The summed E-state index contributed by atoms with van der Waals surface area (Å²) in [6.45, 7) is 8.09. The van der Waals surface area contributed by atoms with Gasteiger partial charge in [0.25, 0.3) is 8.32 Å². The van der Waals surface area contributed by atoms with Gasteiger partial charge in [-0.05, 0) is 51.2 Å². The lowest BCUT2D eigenvalue weighted by atomic mass is 9.93. The molecule has 0 fully saturated rings. The van der Waals surface area contributed by atoms with Crippen LogP contribution in [0.5, 0.6) is 0 Å². The molecule has 1 aliphatic heterocycles. The van der Waals surface area contributed by atoms with Gasteiger partial charge in [-0.2, -0.15) is 0 Å². The number of anilines is 1. The molecule has 0 spiro atoms. The number of carbonyl (C=O) groups excluding carboxylic acids is 1. The number of hydrogen-bond donors (Lipinski definition) is 0. The van der Waals surface area contributed by atoms with Crippen molar-refractivity contribution in [3.63, 3.8) is 0 Å². The number of nitrogens with zero attached hydrogens (tertiary/aromatic N) is 1.